The molecule has 3 heteroatoms. The van der Waals surface area contributed by atoms with Gasteiger partial charge in [-0.1, -0.05) is 15.9 Å². The number of fused-ring (bicyclic) bond motifs is 1. The lowest BCUT2D eigenvalue weighted by Gasteiger charge is -1.89. The van der Waals surface area contributed by atoms with Crippen molar-refractivity contribution in [2.24, 2.45) is 0 Å². The maximum absolute atomic E-state index is 4.20. The van der Waals surface area contributed by atoms with E-state index in [1.54, 1.807) is 0 Å². The molecule has 0 saturated heterocycles. The number of hydrogen-bond acceptors (Lipinski definition) is 1. The molecule has 0 bridgehead atoms. The smallest absolute Gasteiger partial charge is 0.0457 e. The third-order valence-corrected chi connectivity index (χ3v) is 2.64. The van der Waals surface area contributed by atoms with Crippen LogP contribution in [0.2, 0.25) is 0 Å². The standard InChI is InChI=1S/C9H8BrNS/c10-7-1-2-9-6(3-7)4-8(5-12)11-9/h1-4,11-12H,5H2. The zero-order valence-corrected chi connectivity index (χ0v) is 8.82. The SMILES string of the molecule is SCc1cc2cc(Br)ccc2[nH]1. The van der Waals surface area contributed by atoms with Crippen molar-refractivity contribution in [1.82, 2.24) is 4.98 Å². The largest absolute Gasteiger partial charge is 0.358 e. The van der Waals surface area contributed by atoms with Crippen molar-refractivity contribution in [2.45, 2.75) is 5.75 Å². The Labute approximate surface area is 84.7 Å². The molecule has 1 aromatic carbocycles. The average molecular weight is 242 g/mol. The van der Waals surface area contributed by atoms with Crippen LogP contribution >= 0.6 is 28.6 Å². The summed E-state index contributed by atoms with van der Waals surface area (Å²) < 4.78 is 1.11. The summed E-state index contributed by atoms with van der Waals surface area (Å²) in [7, 11) is 0. The minimum Gasteiger partial charge on any atom is -0.358 e. The molecule has 0 amide bonds. The molecule has 0 aliphatic heterocycles. The van der Waals surface area contributed by atoms with Crippen LogP contribution in [-0.4, -0.2) is 4.98 Å². The monoisotopic (exact) mass is 241 g/mol. The van der Waals surface area contributed by atoms with Crippen molar-refractivity contribution in [1.29, 1.82) is 0 Å². The molecule has 0 saturated carbocycles. The molecule has 1 N–H and O–H groups in total. The molecule has 1 aromatic heterocycles. The quantitative estimate of drug-likeness (QED) is 0.713. The van der Waals surface area contributed by atoms with Gasteiger partial charge in [0.25, 0.3) is 0 Å². The first-order chi connectivity index (χ1) is 5.79. The molecule has 0 atom stereocenters. The fourth-order valence-electron chi connectivity index (χ4n) is 1.25. The van der Waals surface area contributed by atoms with Gasteiger partial charge in [-0.05, 0) is 24.3 Å². The Morgan fingerprint density at radius 2 is 2.17 bits per heavy atom. The van der Waals surface area contributed by atoms with Crippen molar-refractivity contribution in [3.05, 3.63) is 34.4 Å². The zero-order chi connectivity index (χ0) is 8.55. The van der Waals surface area contributed by atoms with Crippen LogP contribution in [0, 0.1) is 0 Å². The summed E-state index contributed by atoms with van der Waals surface area (Å²) in [6, 6.07) is 8.30. The summed E-state index contributed by atoms with van der Waals surface area (Å²) in [6.07, 6.45) is 0. The van der Waals surface area contributed by atoms with E-state index in [2.05, 4.69) is 51.7 Å². The molecular weight excluding hydrogens is 234 g/mol. The first-order valence-electron chi connectivity index (χ1n) is 3.67. The first-order valence-corrected chi connectivity index (χ1v) is 5.10. The third kappa shape index (κ3) is 1.39. The highest BCUT2D eigenvalue weighted by Crippen LogP contribution is 2.20. The Bertz CT molecular complexity index is 408. The summed E-state index contributed by atoms with van der Waals surface area (Å²) in [6.45, 7) is 0. The number of aromatic amines is 1. The fourth-order valence-corrected chi connectivity index (χ4v) is 1.80. The van der Waals surface area contributed by atoms with Gasteiger partial charge in [-0.3, -0.25) is 0 Å². The number of hydrogen-bond donors (Lipinski definition) is 2. The summed E-state index contributed by atoms with van der Waals surface area (Å²) >= 11 is 7.63. The van der Waals surface area contributed by atoms with Crippen molar-refractivity contribution >= 4 is 39.5 Å². The average Bonchev–Trinajstić information content (AvgIpc) is 2.46. The van der Waals surface area contributed by atoms with Gasteiger partial charge in [0.15, 0.2) is 0 Å². The number of rotatable bonds is 1. The number of benzene rings is 1. The summed E-state index contributed by atoms with van der Waals surface area (Å²) in [5, 5.41) is 1.23. The van der Waals surface area contributed by atoms with Crippen LogP contribution < -0.4 is 0 Å². The maximum atomic E-state index is 4.20. The molecule has 62 valence electrons. The lowest BCUT2D eigenvalue weighted by Crippen LogP contribution is -1.72. The second-order valence-corrected chi connectivity index (χ2v) is 3.92. The summed E-state index contributed by atoms with van der Waals surface area (Å²) in [5.74, 6) is 0.756. The highest BCUT2D eigenvalue weighted by molar-refractivity contribution is 9.10. The van der Waals surface area contributed by atoms with Gasteiger partial charge in [-0.25, -0.2) is 0 Å². The normalized spacial score (nSPS) is 10.8. The number of H-pyrrole nitrogens is 1. The van der Waals surface area contributed by atoms with Crippen LogP contribution in [0.4, 0.5) is 0 Å². The molecule has 0 radical (unpaired) electrons. The Hall–Kier alpha value is -0.410. The minimum absolute atomic E-state index is 0.756. The molecule has 0 aliphatic carbocycles. The van der Waals surface area contributed by atoms with Crippen LogP contribution in [-0.2, 0) is 5.75 Å². The van der Waals surface area contributed by atoms with Gasteiger partial charge in [-0.15, -0.1) is 0 Å². The molecule has 12 heavy (non-hydrogen) atoms. The lowest BCUT2D eigenvalue weighted by molar-refractivity contribution is 1.27. The predicted molar refractivity (Wildman–Crippen MR) is 58.7 cm³/mol. The van der Waals surface area contributed by atoms with E-state index in [0.717, 1.165) is 15.9 Å². The number of thiol groups is 1. The van der Waals surface area contributed by atoms with Gasteiger partial charge < -0.3 is 4.98 Å². The molecule has 1 nitrogen and oxygen atoms in total. The van der Waals surface area contributed by atoms with Gasteiger partial charge in [-0.2, -0.15) is 12.6 Å². The highest BCUT2D eigenvalue weighted by Gasteiger charge is 1.98. The molecular formula is C9H8BrNS. The molecule has 0 unspecified atom stereocenters. The summed E-state index contributed by atoms with van der Waals surface area (Å²) in [4.78, 5) is 3.28. The number of halogens is 1. The van der Waals surface area contributed by atoms with Crippen LogP contribution in [0.15, 0.2) is 28.7 Å². The Morgan fingerprint density at radius 1 is 1.33 bits per heavy atom. The minimum atomic E-state index is 0.756. The van der Waals surface area contributed by atoms with E-state index in [4.69, 9.17) is 0 Å². The van der Waals surface area contributed by atoms with E-state index in [1.165, 1.54) is 10.9 Å². The molecule has 2 rings (SSSR count). The molecule has 1 heterocycles. The van der Waals surface area contributed by atoms with Crippen LogP contribution in [0.3, 0.4) is 0 Å². The van der Waals surface area contributed by atoms with Crippen LogP contribution in [0.1, 0.15) is 5.69 Å². The summed E-state index contributed by atoms with van der Waals surface area (Å²) in [5.41, 5.74) is 2.33. The van der Waals surface area contributed by atoms with Gasteiger partial charge in [0.2, 0.25) is 0 Å². The lowest BCUT2D eigenvalue weighted by atomic mass is 10.2. The van der Waals surface area contributed by atoms with E-state index in [9.17, 15) is 0 Å². The van der Waals surface area contributed by atoms with Gasteiger partial charge in [0, 0.05) is 26.8 Å². The topological polar surface area (TPSA) is 15.8 Å². The van der Waals surface area contributed by atoms with Crippen molar-refractivity contribution in [2.75, 3.05) is 0 Å². The van der Waals surface area contributed by atoms with Gasteiger partial charge in [0.1, 0.15) is 0 Å². The van der Waals surface area contributed by atoms with Crippen LogP contribution in [0.5, 0.6) is 0 Å². The first kappa shape index (κ1) is 8.20. The molecule has 0 spiro atoms. The fraction of sp³-hybridized carbons (Fsp3) is 0.111. The Kier molecular flexibility index (Phi) is 2.15. The van der Waals surface area contributed by atoms with Crippen molar-refractivity contribution in [3.8, 4) is 0 Å². The molecule has 0 aliphatic rings. The van der Waals surface area contributed by atoms with E-state index >= 15 is 0 Å². The number of nitrogens with one attached hydrogen (secondary N) is 1. The zero-order valence-electron chi connectivity index (χ0n) is 6.34. The van der Waals surface area contributed by atoms with E-state index < -0.39 is 0 Å². The Balaban J connectivity index is 2.67. The van der Waals surface area contributed by atoms with E-state index in [1.807, 2.05) is 6.07 Å². The third-order valence-electron chi connectivity index (χ3n) is 1.81. The van der Waals surface area contributed by atoms with Gasteiger partial charge >= 0.3 is 0 Å². The van der Waals surface area contributed by atoms with Crippen molar-refractivity contribution in [3.63, 3.8) is 0 Å². The van der Waals surface area contributed by atoms with Crippen molar-refractivity contribution < 1.29 is 0 Å². The highest BCUT2D eigenvalue weighted by atomic mass is 79.9. The molecule has 0 fully saturated rings. The van der Waals surface area contributed by atoms with Gasteiger partial charge in [0.05, 0.1) is 0 Å². The molecule has 2 aromatic rings. The van der Waals surface area contributed by atoms with E-state index in [0.29, 0.717) is 0 Å². The Morgan fingerprint density at radius 3 is 2.92 bits per heavy atom. The maximum Gasteiger partial charge on any atom is 0.0457 e. The predicted octanol–water partition coefficient (Wildman–Crippen LogP) is 3.36. The second-order valence-electron chi connectivity index (χ2n) is 2.68. The van der Waals surface area contributed by atoms with Crippen LogP contribution in [0.25, 0.3) is 10.9 Å². The second kappa shape index (κ2) is 3.15. The van der Waals surface area contributed by atoms with E-state index in [-0.39, 0.29) is 0 Å². The number of aromatic nitrogens is 1.